The molecule has 1 aromatic carbocycles. The van der Waals surface area contributed by atoms with Crippen LogP contribution in [0.4, 0.5) is 11.4 Å². The molecule has 0 radical (unpaired) electrons. The molecule has 98 valence electrons. The lowest BCUT2D eigenvalue weighted by Gasteiger charge is -2.19. The Labute approximate surface area is 111 Å². The fourth-order valence-electron chi connectivity index (χ4n) is 2.35. The second-order valence-corrected chi connectivity index (χ2v) is 5.26. The molecule has 0 spiro atoms. The Morgan fingerprint density at radius 1 is 1.06 bits per heavy atom. The van der Waals surface area contributed by atoms with Gasteiger partial charge in [0.1, 0.15) is 0 Å². The summed E-state index contributed by atoms with van der Waals surface area (Å²) in [5.41, 5.74) is 2.46. The molecule has 1 aliphatic carbocycles. The molecule has 0 bridgehead atoms. The number of hydrogen-bond acceptors (Lipinski definition) is 2. The third-order valence-electron chi connectivity index (χ3n) is 3.49. The van der Waals surface area contributed by atoms with Crippen LogP contribution < -0.4 is 10.2 Å². The molecule has 2 nitrogen and oxygen atoms in total. The second kappa shape index (κ2) is 6.48. The van der Waals surface area contributed by atoms with Gasteiger partial charge in [0.2, 0.25) is 0 Å². The van der Waals surface area contributed by atoms with Crippen molar-refractivity contribution >= 4 is 11.4 Å². The van der Waals surface area contributed by atoms with Crippen LogP contribution in [0.25, 0.3) is 0 Å². The van der Waals surface area contributed by atoms with E-state index >= 15 is 0 Å². The van der Waals surface area contributed by atoms with E-state index in [4.69, 9.17) is 0 Å². The van der Waals surface area contributed by atoms with Gasteiger partial charge in [-0.05, 0) is 43.5 Å². The summed E-state index contributed by atoms with van der Waals surface area (Å²) >= 11 is 0. The van der Waals surface area contributed by atoms with Crippen LogP contribution in [0.2, 0.25) is 0 Å². The predicted molar refractivity (Wildman–Crippen MR) is 80.4 cm³/mol. The van der Waals surface area contributed by atoms with Gasteiger partial charge in [-0.2, -0.15) is 0 Å². The van der Waals surface area contributed by atoms with Gasteiger partial charge in [-0.25, -0.2) is 0 Å². The smallest absolute Gasteiger partial charge is 0.0444 e. The molecule has 1 aliphatic rings. The van der Waals surface area contributed by atoms with E-state index in [1.54, 1.807) is 0 Å². The Kier molecular flexibility index (Phi) is 4.68. The van der Waals surface area contributed by atoms with Crippen molar-refractivity contribution in [2.24, 2.45) is 0 Å². The highest BCUT2D eigenvalue weighted by Crippen LogP contribution is 2.19. The highest BCUT2D eigenvalue weighted by Gasteiger charge is 2.06. The van der Waals surface area contributed by atoms with Crippen LogP contribution in [0.5, 0.6) is 0 Å². The molecule has 0 saturated heterocycles. The number of nitrogens with zero attached hydrogens (tertiary/aromatic N) is 1. The number of anilines is 2. The summed E-state index contributed by atoms with van der Waals surface area (Å²) in [6, 6.07) is 9.16. The SMILES string of the molecule is CN(C)c1ccc(NC2/C=C/CCCCC2)cc1. The molecule has 1 unspecified atom stereocenters. The maximum atomic E-state index is 3.61. The summed E-state index contributed by atoms with van der Waals surface area (Å²) in [4.78, 5) is 2.12. The van der Waals surface area contributed by atoms with Crippen LogP contribution in [0.3, 0.4) is 0 Å². The first kappa shape index (κ1) is 13.0. The molecule has 0 saturated carbocycles. The van der Waals surface area contributed by atoms with Crippen molar-refractivity contribution in [2.45, 2.75) is 38.1 Å². The predicted octanol–water partition coefficient (Wildman–Crippen LogP) is 4.05. The van der Waals surface area contributed by atoms with E-state index in [1.807, 2.05) is 0 Å². The molecule has 0 aliphatic heterocycles. The minimum Gasteiger partial charge on any atom is -0.379 e. The molecule has 1 atom stereocenters. The second-order valence-electron chi connectivity index (χ2n) is 5.26. The third-order valence-corrected chi connectivity index (χ3v) is 3.49. The summed E-state index contributed by atoms with van der Waals surface area (Å²) in [7, 11) is 4.14. The van der Waals surface area contributed by atoms with Crippen molar-refractivity contribution in [2.75, 3.05) is 24.3 Å². The van der Waals surface area contributed by atoms with Gasteiger partial charge in [0, 0.05) is 31.5 Å². The Bertz CT molecular complexity index is 379. The maximum Gasteiger partial charge on any atom is 0.0444 e. The molecule has 2 rings (SSSR count). The summed E-state index contributed by atoms with van der Waals surface area (Å²) in [6.07, 6.45) is 11.2. The number of nitrogens with one attached hydrogen (secondary N) is 1. The molecule has 0 heterocycles. The van der Waals surface area contributed by atoms with Crippen LogP contribution in [-0.2, 0) is 0 Å². The van der Waals surface area contributed by atoms with Crippen molar-refractivity contribution in [1.82, 2.24) is 0 Å². The van der Waals surface area contributed by atoms with Gasteiger partial charge in [0.15, 0.2) is 0 Å². The van der Waals surface area contributed by atoms with Gasteiger partial charge < -0.3 is 10.2 Å². The third kappa shape index (κ3) is 3.80. The quantitative estimate of drug-likeness (QED) is 0.807. The number of rotatable bonds is 3. The van der Waals surface area contributed by atoms with Gasteiger partial charge in [0.25, 0.3) is 0 Å². The van der Waals surface area contributed by atoms with Gasteiger partial charge in [-0.3, -0.25) is 0 Å². The molecule has 18 heavy (non-hydrogen) atoms. The fraction of sp³-hybridized carbons (Fsp3) is 0.500. The summed E-state index contributed by atoms with van der Waals surface area (Å²) in [5.74, 6) is 0. The van der Waals surface area contributed by atoms with Gasteiger partial charge in [-0.15, -0.1) is 0 Å². The van der Waals surface area contributed by atoms with E-state index in [-0.39, 0.29) is 0 Å². The zero-order valence-electron chi connectivity index (χ0n) is 11.5. The molecule has 1 aromatic rings. The van der Waals surface area contributed by atoms with E-state index in [2.05, 4.69) is 60.7 Å². The van der Waals surface area contributed by atoms with Crippen LogP contribution in [0.1, 0.15) is 32.1 Å². The van der Waals surface area contributed by atoms with Crippen LogP contribution in [0, 0.1) is 0 Å². The van der Waals surface area contributed by atoms with Gasteiger partial charge >= 0.3 is 0 Å². The molecule has 0 fully saturated rings. The standard InChI is InChI=1S/C16H24N2/c1-18(2)16-12-10-15(11-13-16)17-14-8-6-4-3-5-7-9-14/h6,8,10-14,17H,3-5,7,9H2,1-2H3/b8-6+. The van der Waals surface area contributed by atoms with Crippen molar-refractivity contribution in [3.63, 3.8) is 0 Å². The average Bonchev–Trinajstić information content (AvgIpc) is 2.33. The molecule has 2 heteroatoms. The minimum atomic E-state index is 0.496. The lowest BCUT2D eigenvalue weighted by Crippen LogP contribution is -2.17. The first-order valence-electron chi connectivity index (χ1n) is 6.96. The van der Waals surface area contributed by atoms with Gasteiger partial charge in [-0.1, -0.05) is 25.0 Å². The highest BCUT2D eigenvalue weighted by molar-refractivity contribution is 5.55. The Morgan fingerprint density at radius 2 is 1.83 bits per heavy atom. The first-order valence-corrected chi connectivity index (χ1v) is 6.96. The summed E-state index contributed by atoms with van der Waals surface area (Å²) < 4.78 is 0. The molecular formula is C16H24N2. The fourth-order valence-corrected chi connectivity index (χ4v) is 2.35. The molecule has 0 amide bonds. The lowest BCUT2D eigenvalue weighted by atomic mass is 10.0. The van der Waals surface area contributed by atoms with Crippen molar-refractivity contribution in [3.8, 4) is 0 Å². The van der Waals surface area contributed by atoms with Crippen molar-refractivity contribution in [1.29, 1.82) is 0 Å². The normalized spacial score (nSPS) is 21.8. The Hall–Kier alpha value is -1.44. The first-order chi connectivity index (χ1) is 8.75. The zero-order chi connectivity index (χ0) is 12.8. The van der Waals surface area contributed by atoms with E-state index in [0.29, 0.717) is 6.04 Å². The summed E-state index contributed by atoms with van der Waals surface area (Å²) in [6.45, 7) is 0. The monoisotopic (exact) mass is 244 g/mol. The zero-order valence-corrected chi connectivity index (χ0v) is 11.5. The molecular weight excluding hydrogens is 220 g/mol. The largest absolute Gasteiger partial charge is 0.379 e. The number of hydrogen-bond donors (Lipinski definition) is 1. The summed E-state index contributed by atoms with van der Waals surface area (Å²) in [5, 5.41) is 3.61. The van der Waals surface area contributed by atoms with Crippen molar-refractivity contribution in [3.05, 3.63) is 36.4 Å². The molecule has 0 aromatic heterocycles. The van der Waals surface area contributed by atoms with Gasteiger partial charge in [0.05, 0.1) is 0 Å². The minimum absolute atomic E-state index is 0.496. The Morgan fingerprint density at radius 3 is 2.56 bits per heavy atom. The number of benzene rings is 1. The van der Waals surface area contributed by atoms with Crippen LogP contribution in [-0.4, -0.2) is 20.1 Å². The topological polar surface area (TPSA) is 15.3 Å². The number of allylic oxidation sites excluding steroid dienone is 1. The van der Waals surface area contributed by atoms with E-state index < -0.39 is 0 Å². The lowest BCUT2D eigenvalue weighted by molar-refractivity contribution is 0.610. The van der Waals surface area contributed by atoms with Crippen LogP contribution >= 0.6 is 0 Å². The molecule has 1 N–H and O–H groups in total. The van der Waals surface area contributed by atoms with E-state index in [9.17, 15) is 0 Å². The highest BCUT2D eigenvalue weighted by atomic mass is 15.1. The van der Waals surface area contributed by atoms with E-state index in [1.165, 1.54) is 43.5 Å². The van der Waals surface area contributed by atoms with E-state index in [0.717, 1.165) is 0 Å². The van der Waals surface area contributed by atoms with Crippen LogP contribution in [0.15, 0.2) is 36.4 Å². The Balaban J connectivity index is 1.97. The van der Waals surface area contributed by atoms with Crippen molar-refractivity contribution < 1.29 is 0 Å². The maximum absolute atomic E-state index is 3.61. The average molecular weight is 244 g/mol.